The van der Waals surface area contributed by atoms with Crippen LogP contribution < -0.4 is 5.32 Å². The van der Waals surface area contributed by atoms with E-state index < -0.39 is 0 Å². The van der Waals surface area contributed by atoms with Crippen molar-refractivity contribution in [2.24, 2.45) is 11.3 Å². The number of carbonyl (C=O) groups excluding carboxylic acids is 1. The molecule has 0 saturated heterocycles. The number of benzene rings is 1. The van der Waals surface area contributed by atoms with Crippen molar-refractivity contribution in [2.75, 3.05) is 0 Å². The van der Waals surface area contributed by atoms with Gasteiger partial charge in [-0.05, 0) is 35.4 Å². The first-order valence-corrected chi connectivity index (χ1v) is 7.22. The Labute approximate surface area is 121 Å². The van der Waals surface area contributed by atoms with Gasteiger partial charge in [0.2, 0.25) is 5.91 Å². The number of hydrogen-bond donors (Lipinski definition) is 1. The Bertz CT molecular complexity index is 449. The monoisotopic (exact) mass is 279 g/mol. The van der Waals surface area contributed by atoms with Crippen LogP contribution in [0.25, 0.3) is 0 Å². The first kappa shape index (κ1) is 16.7. The van der Waals surface area contributed by atoms with E-state index in [0.29, 0.717) is 11.5 Å². The summed E-state index contributed by atoms with van der Waals surface area (Å²) < 4.78 is 13.1. The SMILES string of the molecule is CC(C)CC(NC(=O)Cc1cccc(F)c1)C(C)(C)C. The van der Waals surface area contributed by atoms with Gasteiger partial charge in [0.05, 0.1) is 6.42 Å². The summed E-state index contributed by atoms with van der Waals surface area (Å²) in [6.45, 7) is 10.7. The number of amides is 1. The third-order valence-corrected chi connectivity index (χ3v) is 3.34. The van der Waals surface area contributed by atoms with Crippen molar-refractivity contribution in [1.29, 1.82) is 0 Å². The predicted molar refractivity (Wildman–Crippen MR) is 80.9 cm³/mol. The summed E-state index contributed by atoms with van der Waals surface area (Å²) in [4.78, 5) is 12.1. The minimum Gasteiger partial charge on any atom is -0.353 e. The van der Waals surface area contributed by atoms with E-state index in [1.54, 1.807) is 12.1 Å². The van der Waals surface area contributed by atoms with Gasteiger partial charge in [-0.25, -0.2) is 4.39 Å². The molecule has 1 N–H and O–H groups in total. The highest BCUT2D eigenvalue weighted by Crippen LogP contribution is 2.24. The van der Waals surface area contributed by atoms with Crippen molar-refractivity contribution in [3.63, 3.8) is 0 Å². The number of hydrogen-bond acceptors (Lipinski definition) is 1. The predicted octanol–water partition coefficient (Wildman–Crippen LogP) is 3.95. The lowest BCUT2D eigenvalue weighted by Gasteiger charge is -2.33. The van der Waals surface area contributed by atoms with Gasteiger partial charge in [-0.3, -0.25) is 4.79 Å². The maximum absolute atomic E-state index is 13.1. The summed E-state index contributed by atoms with van der Waals surface area (Å²) in [5, 5.41) is 3.09. The Morgan fingerprint density at radius 3 is 2.45 bits per heavy atom. The molecule has 20 heavy (non-hydrogen) atoms. The van der Waals surface area contributed by atoms with Crippen LogP contribution in [0.3, 0.4) is 0 Å². The standard InChI is InChI=1S/C17H26FNO/c1-12(2)9-15(17(3,4)5)19-16(20)11-13-7-6-8-14(18)10-13/h6-8,10,12,15H,9,11H2,1-5H3,(H,19,20). The van der Waals surface area contributed by atoms with Gasteiger partial charge in [0.15, 0.2) is 0 Å². The summed E-state index contributed by atoms with van der Waals surface area (Å²) in [5.41, 5.74) is 0.724. The zero-order valence-electron chi connectivity index (χ0n) is 13.2. The molecule has 1 atom stereocenters. The summed E-state index contributed by atoms with van der Waals surface area (Å²) in [6.07, 6.45) is 1.17. The molecule has 0 heterocycles. The first-order valence-electron chi connectivity index (χ1n) is 7.22. The molecule has 3 heteroatoms. The molecule has 0 spiro atoms. The van der Waals surface area contributed by atoms with Crippen molar-refractivity contribution < 1.29 is 9.18 Å². The van der Waals surface area contributed by atoms with Crippen molar-refractivity contribution in [3.8, 4) is 0 Å². The molecule has 0 bridgehead atoms. The molecular formula is C17H26FNO. The quantitative estimate of drug-likeness (QED) is 0.869. The van der Waals surface area contributed by atoms with Crippen LogP contribution >= 0.6 is 0 Å². The van der Waals surface area contributed by atoms with Gasteiger partial charge < -0.3 is 5.32 Å². The van der Waals surface area contributed by atoms with Gasteiger partial charge in [-0.15, -0.1) is 0 Å². The lowest BCUT2D eigenvalue weighted by molar-refractivity contribution is -0.122. The van der Waals surface area contributed by atoms with E-state index in [9.17, 15) is 9.18 Å². The Balaban J connectivity index is 2.67. The third-order valence-electron chi connectivity index (χ3n) is 3.34. The molecule has 0 aliphatic heterocycles. The van der Waals surface area contributed by atoms with Crippen molar-refractivity contribution in [1.82, 2.24) is 5.32 Å². The van der Waals surface area contributed by atoms with Crippen LogP contribution in [-0.4, -0.2) is 11.9 Å². The number of halogens is 1. The highest BCUT2D eigenvalue weighted by atomic mass is 19.1. The lowest BCUT2D eigenvalue weighted by Crippen LogP contribution is -2.45. The molecule has 1 aromatic carbocycles. The largest absolute Gasteiger partial charge is 0.353 e. The van der Waals surface area contributed by atoms with Gasteiger partial charge in [-0.1, -0.05) is 46.8 Å². The lowest BCUT2D eigenvalue weighted by atomic mass is 9.82. The Morgan fingerprint density at radius 2 is 1.95 bits per heavy atom. The van der Waals surface area contributed by atoms with Crippen LogP contribution in [0.15, 0.2) is 24.3 Å². The van der Waals surface area contributed by atoms with Crippen LogP contribution in [-0.2, 0) is 11.2 Å². The van der Waals surface area contributed by atoms with E-state index >= 15 is 0 Å². The molecule has 112 valence electrons. The average Bonchev–Trinajstić information content (AvgIpc) is 2.26. The van der Waals surface area contributed by atoms with Crippen molar-refractivity contribution >= 4 is 5.91 Å². The molecule has 0 saturated carbocycles. The van der Waals surface area contributed by atoms with Crippen LogP contribution in [0.1, 0.15) is 46.6 Å². The van der Waals surface area contributed by atoms with E-state index in [1.165, 1.54) is 12.1 Å². The third kappa shape index (κ3) is 5.72. The van der Waals surface area contributed by atoms with E-state index in [4.69, 9.17) is 0 Å². The fraction of sp³-hybridized carbons (Fsp3) is 0.588. The smallest absolute Gasteiger partial charge is 0.224 e. The van der Waals surface area contributed by atoms with Crippen LogP contribution in [0.5, 0.6) is 0 Å². The normalized spacial score (nSPS) is 13.3. The van der Waals surface area contributed by atoms with E-state index in [2.05, 4.69) is 39.9 Å². The van der Waals surface area contributed by atoms with Crippen molar-refractivity contribution in [2.45, 2.75) is 53.5 Å². The zero-order chi connectivity index (χ0) is 15.3. The van der Waals surface area contributed by atoms with Crippen molar-refractivity contribution in [3.05, 3.63) is 35.6 Å². The highest BCUT2D eigenvalue weighted by Gasteiger charge is 2.26. The molecule has 1 unspecified atom stereocenters. The molecule has 0 aliphatic rings. The summed E-state index contributed by atoms with van der Waals surface area (Å²) in [6, 6.07) is 6.33. The molecule has 0 radical (unpaired) electrons. The molecule has 0 fully saturated rings. The first-order chi connectivity index (χ1) is 9.18. The summed E-state index contributed by atoms with van der Waals surface area (Å²) >= 11 is 0. The van der Waals surface area contributed by atoms with Gasteiger partial charge >= 0.3 is 0 Å². The molecule has 1 aromatic rings. The fourth-order valence-corrected chi connectivity index (χ4v) is 2.18. The summed E-state index contributed by atoms with van der Waals surface area (Å²) in [5.74, 6) is 0.176. The highest BCUT2D eigenvalue weighted by molar-refractivity contribution is 5.78. The molecule has 2 nitrogen and oxygen atoms in total. The number of nitrogens with one attached hydrogen (secondary N) is 1. The maximum atomic E-state index is 13.1. The van der Waals surface area contributed by atoms with Crippen LogP contribution in [0.2, 0.25) is 0 Å². The second-order valence-corrected chi connectivity index (χ2v) is 6.92. The van der Waals surface area contributed by atoms with E-state index in [0.717, 1.165) is 6.42 Å². The van der Waals surface area contributed by atoms with Crippen LogP contribution in [0, 0.1) is 17.2 Å². The minimum atomic E-state index is -0.301. The second-order valence-electron chi connectivity index (χ2n) is 6.92. The Kier molecular flexibility index (Phi) is 5.73. The van der Waals surface area contributed by atoms with E-state index in [-0.39, 0.29) is 29.6 Å². The van der Waals surface area contributed by atoms with Crippen LogP contribution in [0.4, 0.5) is 4.39 Å². The molecular weight excluding hydrogens is 253 g/mol. The number of rotatable bonds is 5. The van der Waals surface area contributed by atoms with Gasteiger partial charge in [0.1, 0.15) is 5.82 Å². The van der Waals surface area contributed by atoms with Gasteiger partial charge in [0.25, 0.3) is 0 Å². The average molecular weight is 279 g/mol. The minimum absolute atomic E-state index is 0.0157. The topological polar surface area (TPSA) is 29.1 Å². The molecule has 1 rings (SSSR count). The van der Waals surface area contributed by atoms with Gasteiger partial charge in [0, 0.05) is 6.04 Å². The Morgan fingerprint density at radius 1 is 1.30 bits per heavy atom. The Hall–Kier alpha value is -1.38. The van der Waals surface area contributed by atoms with E-state index in [1.807, 2.05) is 0 Å². The molecule has 0 aliphatic carbocycles. The van der Waals surface area contributed by atoms with Gasteiger partial charge in [-0.2, -0.15) is 0 Å². The fourth-order valence-electron chi connectivity index (χ4n) is 2.18. The maximum Gasteiger partial charge on any atom is 0.224 e. The molecule has 0 aromatic heterocycles. The number of carbonyl (C=O) groups is 1. The zero-order valence-corrected chi connectivity index (χ0v) is 13.2. The second kappa shape index (κ2) is 6.87. The molecule has 1 amide bonds. The summed E-state index contributed by atoms with van der Waals surface area (Å²) in [7, 11) is 0.